The van der Waals surface area contributed by atoms with Gasteiger partial charge in [0.15, 0.2) is 6.73 Å². The normalized spacial score (nSPS) is 11.3. The van der Waals surface area contributed by atoms with Crippen LogP contribution in [-0.4, -0.2) is 12.3 Å². The van der Waals surface area contributed by atoms with Crippen LogP contribution in [0.1, 0.15) is 20.8 Å². The van der Waals surface area contributed by atoms with E-state index in [4.69, 9.17) is 9.78 Å². The van der Waals surface area contributed by atoms with Gasteiger partial charge < -0.3 is 4.90 Å². The zero-order valence-corrected chi connectivity index (χ0v) is 12.2. The van der Waals surface area contributed by atoms with Crippen LogP contribution in [0.15, 0.2) is 60.7 Å². The van der Waals surface area contributed by atoms with E-state index in [1.165, 1.54) is 0 Å². The summed E-state index contributed by atoms with van der Waals surface area (Å²) in [5.41, 5.74) is 1.81. The lowest BCUT2D eigenvalue weighted by Crippen LogP contribution is -2.26. The molecule has 3 nitrogen and oxygen atoms in total. The van der Waals surface area contributed by atoms with Crippen LogP contribution in [0.3, 0.4) is 0 Å². The molecule has 106 valence electrons. The first-order valence-corrected chi connectivity index (χ1v) is 6.74. The molecule has 3 heteroatoms. The third-order valence-electron chi connectivity index (χ3n) is 2.63. The van der Waals surface area contributed by atoms with Crippen molar-refractivity contribution in [2.45, 2.75) is 26.4 Å². The number of anilines is 2. The van der Waals surface area contributed by atoms with Gasteiger partial charge in [-0.2, -0.15) is 0 Å². The van der Waals surface area contributed by atoms with Gasteiger partial charge in [0.05, 0.1) is 5.60 Å². The van der Waals surface area contributed by atoms with Gasteiger partial charge in [-0.05, 0) is 45.0 Å². The maximum absolute atomic E-state index is 5.39. The topological polar surface area (TPSA) is 21.7 Å². The van der Waals surface area contributed by atoms with E-state index in [0.717, 1.165) is 11.4 Å². The number of para-hydroxylation sites is 2. The minimum Gasteiger partial charge on any atom is -0.315 e. The first-order valence-electron chi connectivity index (χ1n) is 6.74. The lowest BCUT2D eigenvalue weighted by Gasteiger charge is -2.26. The minimum absolute atomic E-state index is 0.320. The zero-order valence-electron chi connectivity index (χ0n) is 12.2. The molecule has 0 saturated heterocycles. The molecule has 0 aliphatic carbocycles. The summed E-state index contributed by atoms with van der Waals surface area (Å²) in [5.74, 6) is 0. The number of hydrogen-bond acceptors (Lipinski definition) is 3. The molecule has 0 radical (unpaired) electrons. The SMILES string of the molecule is CC(C)(C)OOCN(c1ccccc1)c1ccccc1. The van der Waals surface area contributed by atoms with E-state index in [1.807, 2.05) is 81.4 Å². The van der Waals surface area contributed by atoms with Gasteiger partial charge in [0.1, 0.15) is 0 Å². The largest absolute Gasteiger partial charge is 0.315 e. The predicted molar refractivity (Wildman–Crippen MR) is 81.8 cm³/mol. The average Bonchev–Trinajstić information content (AvgIpc) is 2.44. The quantitative estimate of drug-likeness (QED) is 0.453. The van der Waals surface area contributed by atoms with Crippen LogP contribution in [0.5, 0.6) is 0 Å². The highest BCUT2D eigenvalue weighted by Crippen LogP contribution is 2.24. The average molecular weight is 271 g/mol. The Labute approximate surface area is 120 Å². The van der Waals surface area contributed by atoms with E-state index < -0.39 is 0 Å². The fourth-order valence-electron chi connectivity index (χ4n) is 1.77. The van der Waals surface area contributed by atoms with Crippen molar-refractivity contribution in [2.75, 3.05) is 11.6 Å². The van der Waals surface area contributed by atoms with Crippen molar-refractivity contribution in [1.82, 2.24) is 0 Å². The van der Waals surface area contributed by atoms with Gasteiger partial charge in [0.2, 0.25) is 0 Å². The van der Waals surface area contributed by atoms with Crippen molar-refractivity contribution in [3.05, 3.63) is 60.7 Å². The van der Waals surface area contributed by atoms with Gasteiger partial charge in [-0.25, -0.2) is 9.78 Å². The van der Waals surface area contributed by atoms with Gasteiger partial charge in [-0.1, -0.05) is 36.4 Å². The van der Waals surface area contributed by atoms with Crippen LogP contribution in [0.4, 0.5) is 11.4 Å². The predicted octanol–water partition coefficient (Wildman–Crippen LogP) is 4.53. The lowest BCUT2D eigenvalue weighted by atomic mass is 10.2. The Morgan fingerprint density at radius 1 is 0.800 bits per heavy atom. The van der Waals surface area contributed by atoms with E-state index in [-0.39, 0.29) is 5.60 Å². The Morgan fingerprint density at radius 3 is 1.65 bits per heavy atom. The molecule has 0 heterocycles. The molecule has 0 fully saturated rings. The third-order valence-corrected chi connectivity index (χ3v) is 2.63. The summed E-state index contributed by atoms with van der Waals surface area (Å²) in [4.78, 5) is 12.8. The van der Waals surface area contributed by atoms with E-state index in [9.17, 15) is 0 Å². The summed E-state index contributed by atoms with van der Waals surface area (Å²) in [5, 5.41) is 0. The summed E-state index contributed by atoms with van der Waals surface area (Å²) < 4.78 is 0. The molecule has 0 bridgehead atoms. The molecular formula is C17H21NO2. The second-order valence-electron chi connectivity index (χ2n) is 5.54. The molecule has 0 unspecified atom stereocenters. The van der Waals surface area contributed by atoms with Crippen molar-refractivity contribution in [1.29, 1.82) is 0 Å². The van der Waals surface area contributed by atoms with Gasteiger partial charge in [0.25, 0.3) is 0 Å². The lowest BCUT2D eigenvalue weighted by molar-refractivity contribution is -0.346. The molecular weight excluding hydrogens is 250 g/mol. The van der Waals surface area contributed by atoms with Crippen molar-refractivity contribution in [2.24, 2.45) is 0 Å². The monoisotopic (exact) mass is 271 g/mol. The molecule has 2 aromatic carbocycles. The van der Waals surface area contributed by atoms with E-state index in [1.54, 1.807) is 0 Å². The summed E-state index contributed by atoms with van der Waals surface area (Å²) in [6.45, 7) is 6.22. The maximum atomic E-state index is 5.39. The number of benzene rings is 2. The molecule has 0 aliphatic heterocycles. The van der Waals surface area contributed by atoms with Crippen LogP contribution in [0.25, 0.3) is 0 Å². The van der Waals surface area contributed by atoms with Gasteiger partial charge in [0, 0.05) is 11.4 Å². The Balaban J connectivity index is 2.13. The summed E-state index contributed by atoms with van der Waals surface area (Å²) in [6.07, 6.45) is 0. The number of nitrogens with zero attached hydrogens (tertiary/aromatic N) is 1. The van der Waals surface area contributed by atoms with Crippen molar-refractivity contribution in [3.63, 3.8) is 0 Å². The minimum atomic E-state index is -0.320. The summed E-state index contributed by atoms with van der Waals surface area (Å²) in [6, 6.07) is 20.2. The van der Waals surface area contributed by atoms with Crippen LogP contribution < -0.4 is 4.90 Å². The van der Waals surface area contributed by atoms with E-state index in [2.05, 4.69) is 4.90 Å². The molecule has 0 atom stereocenters. The van der Waals surface area contributed by atoms with E-state index >= 15 is 0 Å². The van der Waals surface area contributed by atoms with E-state index in [0.29, 0.717) is 6.73 Å². The molecule has 2 aromatic rings. The molecule has 0 saturated carbocycles. The third kappa shape index (κ3) is 4.37. The highest BCUT2D eigenvalue weighted by atomic mass is 17.2. The molecule has 0 spiro atoms. The highest BCUT2D eigenvalue weighted by molar-refractivity contribution is 5.62. The van der Waals surface area contributed by atoms with Crippen LogP contribution in [-0.2, 0) is 9.78 Å². The van der Waals surface area contributed by atoms with Crippen LogP contribution in [0.2, 0.25) is 0 Å². The van der Waals surface area contributed by atoms with Crippen molar-refractivity contribution in [3.8, 4) is 0 Å². The Hall–Kier alpha value is -1.84. The smallest absolute Gasteiger partial charge is 0.158 e. The Morgan fingerprint density at radius 2 is 1.25 bits per heavy atom. The summed E-state index contributed by atoms with van der Waals surface area (Å²) >= 11 is 0. The zero-order chi connectivity index (χ0) is 14.4. The standard InChI is InChI=1S/C17H21NO2/c1-17(2,3)20-19-14-18(15-10-6-4-7-11-15)16-12-8-5-9-13-16/h4-13H,14H2,1-3H3. The second kappa shape index (κ2) is 6.55. The fourth-order valence-corrected chi connectivity index (χ4v) is 1.77. The molecule has 0 aliphatic rings. The molecule has 20 heavy (non-hydrogen) atoms. The van der Waals surface area contributed by atoms with Crippen LogP contribution >= 0.6 is 0 Å². The molecule has 2 rings (SSSR count). The van der Waals surface area contributed by atoms with Gasteiger partial charge in [-0.15, -0.1) is 0 Å². The molecule has 0 N–H and O–H groups in total. The highest BCUT2D eigenvalue weighted by Gasteiger charge is 2.14. The van der Waals surface area contributed by atoms with Crippen molar-refractivity contribution >= 4 is 11.4 Å². The second-order valence-corrected chi connectivity index (χ2v) is 5.54. The number of hydrogen-bond donors (Lipinski definition) is 0. The van der Waals surface area contributed by atoms with Gasteiger partial charge in [-0.3, -0.25) is 0 Å². The number of rotatable bonds is 5. The Kier molecular flexibility index (Phi) is 4.77. The van der Waals surface area contributed by atoms with Crippen LogP contribution in [0, 0.1) is 0 Å². The molecule has 0 aromatic heterocycles. The van der Waals surface area contributed by atoms with Crippen molar-refractivity contribution < 1.29 is 9.78 Å². The first-order chi connectivity index (χ1) is 9.56. The maximum Gasteiger partial charge on any atom is 0.158 e. The Bertz CT molecular complexity index is 466. The molecule has 0 amide bonds. The fraction of sp³-hybridized carbons (Fsp3) is 0.294. The first kappa shape index (κ1) is 14.6. The van der Waals surface area contributed by atoms with Gasteiger partial charge >= 0.3 is 0 Å². The summed E-state index contributed by atoms with van der Waals surface area (Å²) in [7, 11) is 0.